The molecular formula is C24H20N2O4. The van der Waals surface area contributed by atoms with E-state index in [1.54, 1.807) is 24.3 Å². The second-order valence-corrected chi connectivity index (χ2v) is 9.54. The largest absolute Gasteiger partial charge is 0.274 e. The van der Waals surface area contributed by atoms with E-state index in [-0.39, 0.29) is 71.0 Å². The standard InChI is InChI=1S/C24H20N2O4/c27-21-17-11-4-5-12(8-11)18(17)22(28)25(21)15-2-1-3-16(10-15)26-23(29)19-13-6-7-14(9-13)20(19)24(26)30/h1-7,10-14,17-20H,8-9H2/t11-,12-,13-,14-,17-,18-,19-,20+/m0/s1. The Labute approximate surface area is 173 Å². The van der Waals surface area contributed by atoms with Gasteiger partial charge in [0.2, 0.25) is 23.6 Å². The maximum absolute atomic E-state index is 13.1. The number of anilines is 2. The third-order valence-electron chi connectivity index (χ3n) is 8.29. The predicted molar refractivity (Wildman–Crippen MR) is 107 cm³/mol. The van der Waals surface area contributed by atoms with E-state index in [4.69, 9.17) is 0 Å². The van der Waals surface area contributed by atoms with E-state index in [0.717, 1.165) is 12.8 Å². The fourth-order valence-electron chi connectivity index (χ4n) is 7.08. The first-order chi connectivity index (χ1) is 14.5. The van der Waals surface area contributed by atoms with Crippen LogP contribution in [0.5, 0.6) is 0 Å². The average Bonchev–Trinajstić information content (AvgIpc) is 3.55. The molecule has 8 atom stereocenters. The van der Waals surface area contributed by atoms with Crippen LogP contribution in [-0.2, 0) is 19.2 Å². The number of benzene rings is 1. The molecule has 0 radical (unpaired) electrons. The van der Waals surface area contributed by atoms with Gasteiger partial charge in [0.25, 0.3) is 0 Å². The summed E-state index contributed by atoms with van der Waals surface area (Å²) in [6.45, 7) is 0. The highest BCUT2D eigenvalue weighted by molar-refractivity contribution is 6.25. The highest BCUT2D eigenvalue weighted by Gasteiger charge is 2.61. The molecule has 6 aliphatic rings. The molecule has 4 bridgehead atoms. The summed E-state index contributed by atoms with van der Waals surface area (Å²) in [5, 5.41) is 0. The summed E-state index contributed by atoms with van der Waals surface area (Å²) in [7, 11) is 0. The quantitative estimate of drug-likeness (QED) is 0.564. The fraction of sp³-hybridized carbons (Fsp3) is 0.417. The van der Waals surface area contributed by atoms with Gasteiger partial charge in [-0.05, 0) is 54.7 Å². The molecule has 2 saturated heterocycles. The summed E-state index contributed by atoms with van der Waals surface area (Å²) < 4.78 is 0. The number of rotatable bonds is 2. The topological polar surface area (TPSA) is 74.8 Å². The van der Waals surface area contributed by atoms with Gasteiger partial charge < -0.3 is 0 Å². The van der Waals surface area contributed by atoms with Gasteiger partial charge in [0.1, 0.15) is 0 Å². The van der Waals surface area contributed by atoms with E-state index >= 15 is 0 Å². The van der Waals surface area contributed by atoms with Crippen molar-refractivity contribution < 1.29 is 19.2 Å². The zero-order chi connectivity index (χ0) is 20.3. The lowest BCUT2D eigenvalue weighted by Gasteiger charge is -2.21. The molecule has 1 aromatic carbocycles. The molecule has 30 heavy (non-hydrogen) atoms. The molecule has 0 unspecified atom stereocenters. The van der Waals surface area contributed by atoms with Crippen molar-refractivity contribution in [3.05, 3.63) is 48.6 Å². The lowest BCUT2D eigenvalue weighted by molar-refractivity contribution is -0.124. The van der Waals surface area contributed by atoms with Crippen LogP contribution in [0.15, 0.2) is 48.6 Å². The number of carbonyl (C=O) groups is 4. The zero-order valence-corrected chi connectivity index (χ0v) is 16.2. The van der Waals surface area contributed by atoms with Gasteiger partial charge in [0.05, 0.1) is 35.0 Å². The number of imide groups is 2. The van der Waals surface area contributed by atoms with Gasteiger partial charge in [-0.25, -0.2) is 9.80 Å². The van der Waals surface area contributed by atoms with E-state index in [1.807, 2.05) is 0 Å². The molecule has 4 amide bonds. The van der Waals surface area contributed by atoms with E-state index in [2.05, 4.69) is 24.3 Å². The molecule has 2 aliphatic heterocycles. The number of nitrogens with zero attached hydrogens (tertiary/aromatic N) is 2. The summed E-state index contributed by atoms with van der Waals surface area (Å²) >= 11 is 0. The smallest absolute Gasteiger partial charge is 0.238 e. The van der Waals surface area contributed by atoms with Gasteiger partial charge in [-0.15, -0.1) is 0 Å². The van der Waals surface area contributed by atoms with Crippen LogP contribution in [0.4, 0.5) is 11.4 Å². The van der Waals surface area contributed by atoms with Crippen molar-refractivity contribution in [2.75, 3.05) is 9.80 Å². The Hall–Kier alpha value is -3.02. The van der Waals surface area contributed by atoms with Gasteiger partial charge in [-0.2, -0.15) is 0 Å². The molecule has 2 saturated carbocycles. The summed E-state index contributed by atoms with van der Waals surface area (Å²) in [6.07, 6.45) is 10.0. The molecule has 4 fully saturated rings. The lowest BCUT2D eigenvalue weighted by Crippen LogP contribution is -2.34. The first kappa shape index (κ1) is 16.7. The molecule has 6 heteroatoms. The summed E-state index contributed by atoms with van der Waals surface area (Å²) in [4.78, 5) is 55.0. The number of amides is 4. The summed E-state index contributed by atoms with van der Waals surface area (Å²) in [6, 6.07) is 6.80. The maximum atomic E-state index is 13.1. The molecule has 4 aliphatic carbocycles. The van der Waals surface area contributed by atoms with E-state index in [9.17, 15) is 19.2 Å². The second-order valence-electron chi connectivity index (χ2n) is 9.54. The van der Waals surface area contributed by atoms with Crippen LogP contribution < -0.4 is 9.80 Å². The molecule has 1 aromatic rings. The van der Waals surface area contributed by atoms with Crippen LogP contribution in [0, 0.1) is 47.3 Å². The summed E-state index contributed by atoms with van der Waals surface area (Å²) in [5.41, 5.74) is 0.908. The Balaban J connectivity index is 1.24. The third-order valence-corrected chi connectivity index (χ3v) is 8.29. The first-order valence-corrected chi connectivity index (χ1v) is 10.8. The molecule has 0 N–H and O–H groups in total. The molecule has 0 aromatic heterocycles. The fourth-order valence-corrected chi connectivity index (χ4v) is 7.08. The van der Waals surface area contributed by atoms with Crippen LogP contribution in [0.2, 0.25) is 0 Å². The number of hydrogen-bond acceptors (Lipinski definition) is 4. The van der Waals surface area contributed by atoms with Crippen LogP contribution >= 0.6 is 0 Å². The molecular weight excluding hydrogens is 380 g/mol. The monoisotopic (exact) mass is 400 g/mol. The average molecular weight is 400 g/mol. The number of allylic oxidation sites excluding steroid dienone is 4. The van der Waals surface area contributed by atoms with Crippen molar-refractivity contribution >= 4 is 35.0 Å². The third kappa shape index (κ3) is 1.81. The van der Waals surface area contributed by atoms with Gasteiger partial charge in [-0.1, -0.05) is 30.4 Å². The molecule has 2 heterocycles. The Morgan fingerprint density at radius 1 is 0.567 bits per heavy atom. The van der Waals surface area contributed by atoms with E-state index < -0.39 is 0 Å². The van der Waals surface area contributed by atoms with Crippen molar-refractivity contribution in [2.45, 2.75) is 12.8 Å². The van der Waals surface area contributed by atoms with Crippen molar-refractivity contribution in [3.63, 3.8) is 0 Å². The van der Waals surface area contributed by atoms with Gasteiger partial charge in [0, 0.05) is 0 Å². The predicted octanol–water partition coefficient (Wildman–Crippen LogP) is 2.31. The lowest BCUT2D eigenvalue weighted by atomic mass is 9.85. The van der Waals surface area contributed by atoms with Gasteiger partial charge in [-0.3, -0.25) is 19.2 Å². The van der Waals surface area contributed by atoms with Crippen LogP contribution in [0.3, 0.4) is 0 Å². The van der Waals surface area contributed by atoms with E-state index in [0.29, 0.717) is 11.4 Å². The Morgan fingerprint density at radius 3 is 1.23 bits per heavy atom. The molecule has 0 spiro atoms. The highest BCUT2D eigenvalue weighted by atomic mass is 16.2. The molecule has 7 rings (SSSR count). The maximum Gasteiger partial charge on any atom is 0.238 e. The highest BCUT2D eigenvalue weighted by Crippen LogP contribution is 2.55. The molecule has 6 nitrogen and oxygen atoms in total. The normalized spacial score (nSPS) is 42.3. The van der Waals surface area contributed by atoms with Gasteiger partial charge in [0.15, 0.2) is 0 Å². The first-order valence-electron chi connectivity index (χ1n) is 10.8. The Morgan fingerprint density at radius 2 is 0.900 bits per heavy atom. The minimum absolute atomic E-state index is 0.147. The van der Waals surface area contributed by atoms with Crippen LogP contribution in [0.25, 0.3) is 0 Å². The van der Waals surface area contributed by atoms with Crippen LogP contribution in [-0.4, -0.2) is 23.6 Å². The zero-order valence-electron chi connectivity index (χ0n) is 16.2. The van der Waals surface area contributed by atoms with Crippen molar-refractivity contribution in [1.82, 2.24) is 0 Å². The number of hydrogen-bond donors (Lipinski definition) is 0. The Bertz CT molecular complexity index is 977. The second kappa shape index (κ2) is 5.36. The van der Waals surface area contributed by atoms with Gasteiger partial charge >= 0.3 is 0 Å². The summed E-state index contributed by atoms with van der Waals surface area (Å²) in [5.74, 6) is -1.12. The van der Waals surface area contributed by atoms with E-state index in [1.165, 1.54) is 9.80 Å². The SMILES string of the molecule is O=C1[C@@H]2[C@@H](C(=O)N1c1cccc(N3C(=O)[C@@H]4[C@H](C3=O)[C@H]3C=C[C@H]4C3)c1)[C@H]1C=C[C@H]2C1. The minimum Gasteiger partial charge on any atom is -0.274 e. The van der Waals surface area contributed by atoms with Crippen molar-refractivity contribution in [1.29, 1.82) is 0 Å². The van der Waals surface area contributed by atoms with Crippen molar-refractivity contribution in [2.24, 2.45) is 47.3 Å². The number of fused-ring (bicyclic) bond motifs is 10. The van der Waals surface area contributed by atoms with Crippen molar-refractivity contribution in [3.8, 4) is 0 Å². The Kier molecular flexibility index (Phi) is 2.99. The number of carbonyl (C=O) groups excluding carboxylic acids is 4. The molecule has 150 valence electrons. The van der Waals surface area contributed by atoms with Crippen LogP contribution in [0.1, 0.15) is 12.8 Å². The minimum atomic E-state index is -0.271.